The first-order chi connectivity index (χ1) is 33.0. The summed E-state index contributed by atoms with van der Waals surface area (Å²) in [7, 11) is 4.42. The Morgan fingerprint density at radius 2 is 1.36 bits per heavy atom. The molecular weight excluding hydrogens is 949 g/mol. The number of carbonyl (C=O) groups excluding carboxylic acids is 5. The summed E-state index contributed by atoms with van der Waals surface area (Å²) < 4.78 is 52.0. The van der Waals surface area contributed by atoms with Gasteiger partial charge in [-0.2, -0.15) is 0 Å². The van der Waals surface area contributed by atoms with Crippen LogP contribution in [-0.2, 0) is 47.4 Å². The van der Waals surface area contributed by atoms with Crippen molar-refractivity contribution in [2.75, 3.05) is 54.1 Å². The summed E-state index contributed by atoms with van der Waals surface area (Å²) in [6.07, 6.45) is -12.2. The topological polar surface area (TPSA) is 313 Å². The van der Waals surface area contributed by atoms with Gasteiger partial charge >= 0.3 is 24.4 Å². The third-order valence-electron chi connectivity index (χ3n) is 11.4. The summed E-state index contributed by atoms with van der Waals surface area (Å²) in [6.45, 7) is 21.5. The third-order valence-corrected chi connectivity index (χ3v) is 11.4. The lowest BCUT2D eigenvalue weighted by atomic mass is 9.72. The minimum atomic E-state index is -1.87. The summed E-state index contributed by atoms with van der Waals surface area (Å²) in [4.78, 5) is 67.9. The molecule has 2 heterocycles. The first-order valence-electron chi connectivity index (χ1n) is 24.4. The molecule has 13 atom stereocenters. The maximum Gasteiger partial charge on any atom is 0.410 e. The highest BCUT2D eigenvalue weighted by molar-refractivity contribution is 5.81. The van der Waals surface area contributed by atoms with Crippen molar-refractivity contribution in [2.45, 2.75) is 204 Å². The molecule has 1 aliphatic carbocycles. The van der Waals surface area contributed by atoms with Gasteiger partial charge in [0.1, 0.15) is 58.2 Å². The zero-order chi connectivity index (χ0) is 54.7. The van der Waals surface area contributed by atoms with Crippen LogP contribution in [-0.4, -0.2) is 205 Å². The van der Waals surface area contributed by atoms with Gasteiger partial charge in [-0.1, -0.05) is 0 Å². The smallest absolute Gasteiger partial charge is 0.410 e. The molecule has 0 bridgehead atoms. The van der Waals surface area contributed by atoms with Crippen LogP contribution in [0.15, 0.2) is 11.8 Å². The Morgan fingerprint density at radius 1 is 0.806 bits per heavy atom. The molecule has 1 unspecified atom stereocenters. The van der Waals surface area contributed by atoms with E-state index < -0.39 is 132 Å². The van der Waals surface area contributed by atoms with Gasteiger partial charge < -0.3 is 94.5 Å². The molecule has 72 heavy (non-hydrogen) atoms. The number of nitrogens with zero attached hydrogens (tertiary/aromatic N) is 1. The van der Waals surface area contributed by atoms with Crippen LogP contribution in [0.3, 0.4) is 0 Å². The van der Waals surface area contributed by atoms with Crippen molar-refractivity contribution in [2.24, 2.45) is 5.92 Å². The molecule has 1 saturated heterocycles. The molecule has 0 radical (unpaired) electrons. The van der Waals surface area contributed by atoms with Crippen LogP contribution in [0.1, 0.15) is 109 Å². The molecule has 24 heteroatoms. The Balaban J connectivity index is 2.17. The van der Waals surface area contributed by atoms with Crippen LogP contribution in [0.5, 0.6) is 0 Å². The lowest BCUT2D eigenvalue weighted by Gasteiger charge is -2.52. The molecule has 2 fully saturated rings. The minimum Gasteiger partial charge on any atom is -0.491 e. The fraction of sp³-hybridized carbons (Fsp3) is 0.854. The Labute approximate surface area is 424 Å². The van der Waals surface area contributed by atoms with Crippen molar-refractivity contribution < 1.29 is 87.0 Å². The molecule has 2 aliphatic heterocycles. The fourth-order valence-corrected chi connectivity index (χ4v) is 8.48. The molecule has 5 amide bonds. The standard InChI is InChI=1S/C48H86N6O18/c1-44(2,3)69-40(59)50-20-19-31(55)38(58)51-30-21-29(53-42(61)71-46(7,8)9)32(33(56)36(30)68-39-34(57)37(48(13,63)25-66-39)54(14)43(62)72-47(10,11)12)35-28(52-41(60)70-45(4,5)6)18-17-26(67-35)22-49-23-27(65-16)24-64-15/h17,27-37,39,49,55-57,63H,18-25H2,1-16H3,(H,50,59)(H,51,58)(H,52,60)(H,53,61)/t27-,28+,29-,30+,31-,32+,33-,34+,35?,36-,37+,39+,48-/m0/s1. The minimum absolute atomic E-state index is 0.141. The number of amides is 5. The van der Waals surface area contributed by atoms with Crippen molar-refractivity contribution >= 4 is 30.3 Å². The average Bonchev–Trinajstić information content (AvgIpc) is 3.20. The number of ether oxygens (including phenoxy) is 9. The molecular formula is C48H86N6O18. The Bertz CT molecular complexity index is 1830. The van der Waals surface area contributed by atoms with Crippen LogP contribution < -0.4 is 26.6 Å². The predicted molar refractivity (Wildman–Crippen MR) is 259 cm³/mol. The zero-order valence-electron chi connectivity index (χ0n) is 45.1. The SMILES string of the molecule is COC[C@H](CNCC1=CC[C@@H](NC(=O)OC(C)(C)C)C([C@H]2[C@H](O)[C@@H](O[C@H]3OC[C@](C)(O)[C@H](N(C)C(=O)OC(C)(C)C)[C@H]3O)[C@H](NC(=O)[C@@H](O)CCNC(=O)OC(C)(C)C)C[C@@H]2NC(=O)OC(C)(C)C)O1)OC. The molecule has 0 aromatic carbocycles. The normalized spacial score (nSPS) is 29.0. The summed E-state index contributed by atoms with van der Waals surface area (Å²) in [6, 6.07) is -4.82. The maximum absolute atomic E-state index is 13.9. The second-order valence-electron chi connectivity index (χ2n) is 22.8. The third kappa shape index (κ3) is 19.9. The van der Waals surface area contributed by atoms with E-state index in [1.807, 2.05) is 0 Å². The number of hydrogen-bond acceptors (Lipinski definition) is 19. The van der Waals surface area contributed by atoms with Gasteiger partial charge in [-0.15, -0.1) is 0 Å². The molecule has 0 spiro atoms. The number of nitrogens with one attached hydrogen (secondary N) is 5. The second kappa shape index (κ2) is 25.8. The predicted octanol–water partition coefficient (Wildman–Crippen LogP) is 1.93. The van der Waals surface area contributed by atoms with E-state index in [0.29, 0.717) is 18.9 Å². The molecule has 3 aliphatic rings. The van der Waals surface area contributed by atoms with Crippen molar-refractivity contribution in [1.82, 2.24) is 31.5 Å². The van der Waals surface area contributed by atoms with Gasteiger partial charge in [0.2, 0.25) is 5.91 Å². The van der Waals surface area contributed by atoms with Gasteiger partial charge in [0, 0.05) is 46.3 Å². The molecule has 3 rings (SSSR count). The highest BCUT2D eigenvalue weighted by atomic mass is 16.7. The summed E-state index contributed by atoms with van der Waals surface area (Å²) in [5.41, 5.74) is -5.53. The second-order valence-corrected chi connectivity index (χ2v) is 22.8. The van der Waals surface area contributed by atoms with Crippen molar-refractivity contribution in [1.29, 1.82) is 0 Å². The Morgan fingerprint density at radius 3 is 1.90 bits per heavy atom. The van der Waals surface area contributed by atoms with Crippen LogP contribution in [0, 0.1) is 5.92 Å². The first-order valence-corrected chi connectivity index (χ1v) is 24.4. The number of carbonyl (C=O) groups is 5. The van der Waals surface area contributed by atoms with E-state index in [-0.39, 0.29) is 38.5 Å². The molecule has 1 saturated carbocycles. The van der Waals surface area contributed by atoms with Gasteiger partial charge in [0.15, 0.2) is 6.29 Å². The zero-order valence-corrected chi connectivity index (χ0v) is 45.1. The van der Waals surface area contributed by atoms with Gasteiger partial charge in [0.25, 0.3) is 0 Å². The van der Waals surface area contributed by atoms with Gasteiger partial charge in [-0.25, -0.2) is 19.2 Å². The highest BCUT2D eigenvalue weighted by Gasteiger charge is 2.56. The van der Waals surface area contributed by atoms with Crippen LogP contribution in [0.25, 0.3) is 0 Å². The number of rotatable bonds is 18. The average molecular weight is 1040 g/mol. The molecule has 0 aromatic rings. The molecule has 0 aromatic heterocycles. The summed E-state index contributed by atoms with van der Waals surface area (Å²) in [5, 5.41) is 61.8. The summed E-state index contributed by atoms with van der Waals surface area (Å²) in [5.74, 6) is -1.81. The number of alkyl carbamates (subject to hydrolysis) is 3. The maximum atomic E-state index is 13.9. The van der Waals surface area contributed by atoms with Gasteiger partial charge in [-0.3, -0.25) is 4.79 Å². The molecule has 24 nitrogen and oxygen atoms in total. The van der Waals surface area contributed by atoms with Crippen molar-refractivity contribution in [3.63, 3.8) is 0 Å². The van der Waals surface area contributed by atoms with E-state index >= 15 is 0 Å². The largest absolute Gasteiger partial charge is 0.491 e. The number of methoxy groups -OCH3 is 2. The monoisotopic (exact) mass is 1030 g/mol. The van der Waals surface area contributed by atoms with Crippen molar-refractivity contribution in [3.8, 4) is 0 Å². The number of aliphatic hydroxyl groups excluding tert-OH is 3. The van der Waals surface area contributed by atoms with E-state index in [4.69, 9.17) is 42.6 Å². The highest BCUT2D eigenvalue weighted by Crippen LogP contribution is 2.39. The van der Waals surface area contributed by atoms with E-state index in [9.17, 15) is 44.4 Å². The fourth-order valence-electron chi connectivity index (χ4n) is 8.48. The lowest BCUT2D eigenvalue weighted by Crippen LogP contribution is -2.71. The van der Waals surface area contributed by atoms with Crippen LogP contribution in [0.2, 0.25) is 0 Å². The Kier molecular flexibility index (Phi) is 22.2. The van der Waals surface area contributed by atoms with Gasteiger partial charge in [-0.05, 0) is 115 Å². The van der Waals surface area contributed by atoms with E-state index in [0.717, 1.165) is 4.90 Å². The van der Waals surface area contributed by atoms with Crippen LogP contribution in [0.4, 0.5) is 19.2 Å². The Hall–Kier alpha value is -4.27. The van der Waals surface area contributed by atoms with Gasteiger partial charge in [0.05, 0.1) is 50.1 Å². The quantitative estimate of drug-likeness (QED) is 0.0886. The van der Waals surface area contributed by atoms with Crippen molar-refractivity contribution in [3.05, 3.63) is 11.8 Å². The van der Waals surface area contributed by atoms with E-state index in [2.05, 4.69) is 26.6 Å². The lowest BCUT2D eigenvalue weighted by molar-refractivity contribution is -0.305. The molecule has 9 N–H and O–H groups in total. The van der Waals surface area contributed by atoms with Crippen LogP contribution >= 0.6 is 0 Å². The van der Waals surface area contributed by atoms with E-state index in [1.165, 1.54) is 14.0 Å². The molecule has 416 valence electrons. The van der Waals surface area contributed by atoms with E-state index in [1.54, 1.807) is 103 Å². The number of hydrogen-bond donors (Lipinski definition) is 9. The first kappa shape index (κ1) is 62.0. The number of likely N-dealkylation sites (N-methyl/N-ethyl adjacent to an activating group) is 1. The number of aliphatic hydroxyl groups is 4. The summed E-state index contributed by atoms with van der Waals surface area (Å²) >= 11 is 0.